The fourth-order valence-corrected chi connectivity index (χ4v) is 2.20. The molecule has 2 rings (SSSR count). The van der Waals surface area contributed by atoms with Gasteiger partial charge in [-0.15, -0.1) is 0 Å². The summed E-state index contributed by atoms with van der Waals surface area (Å²) < 4.78 is 18.4. The molecule has 0 saturated carbocycles. The molecule has 3 nitrogen and oxygen atoms in total. The Hall–Kier alpha value is -1.91. The molecule has 0 spiro atoms. The van der Waals surface area contributed by atoms with Crippen molar-refractivity contribution in [2.24, 2.45) is 0 Å². The molecule has 21 heavy (non-hydrogen) atoms. The van der Waals surface area contributed by atoms with Crippen LogP contribution in [0.4, 0.5) is 4.39 Å². The smallest absolute Gasteiger partial charge is 0.123 e. The van der Waals surface area contributed by atoms with E-state index in [9.17, 15) is 9.50 Å². The zero-order chi connectivity index (χ0) is 15.1. The fourth-order valence-electron chi connectivity index (χ4n) is 2.20. The molecule has 0 heterocycles. The number of para-hydroxylation sites is 1. The molecule has 2 aromatic rings. The van der Waals surface area contributed by atoms with E-state index in [2.05, 4.69) is 5.32 Å². The van der Waals surface area contributed by atoms with Gasteiger partial charge in [-0.25, -0.2) is 4.39 Å². The van der Waals surface area contributed by atoms with Gasteiger partial charge in [-0.2, -0.15) is 0 Å². The summed E-state index contributed by atoms with van der Waals surface area (Å²) >= 11 is 0. The van der Waals surface area contributed by atoms with E-state index in [1.54, 1.807) is 19.2 Å². The van der Waals surface area contributed by atoms with E-state index in [4.69, 9.17) is 4.74 Å². The number of aliphatic hydroxyl groups is 1. The van der Waals surface area contributed by atoms with E-state index in [0.29, 0.717) is 18.7 Å². The summed E-state index contributed by atoms with van der Waals surface area (Å²) in [5, 5.41) is 13.2. The van der Waals surface area contributed by atoms with Crippen LogP contribution in [0.2, 0.25) is 0 Å². The Morgan fingerprint density at radius 3 is 2.76 bits per heavy atom. The second kappa shape index (κ2) is 7.76. The van der Waals surface area contributed by atoms with Crippen LogP contribution in [0, 0.1) is 5.82 Å². The number of ether oxygens (including phenoxy) is 1. The zero-order valence-corrected chi connectivity index (χ0v) is 12.1. The summed E-state index contributed by atoms with van der Waals surface area (Å²) in [5.74, 6) is 0.533. The second-order valence-corrected chi connectivity index (χ2v) is 4.84. The lowest BCUT2D eigenvalue weighted by Gasteiger charge is -2.13. The van der Waals surface area contributed by atoms with Crippen molar-refractivity contribution in [2.45, 2.75) is 12.5 Å². The first kappa shape index (κ1) is 15.5. The number of aliphatic hydroxyl groups excluding tert-OH is 1. The summed E-state index contributed by atoms with van der Waals surface area (Å²) in [7, 11) is 1.65. The van der Waals surface area contributed by atoms with Gasteiger partial charge >= 0.3 is 0 Å². The van der Waals surface area contributed by atoms with Gasteiger partial charge in [0.05, 0.1) is 13.2 Å². The van der Waals surface area contributed by atoms with Crippen molar-refractivity contribution in [3.8, 4) is 5.75 Å². The van der Waals surface area contributed by atoms with E-state index in [1.165, 1.54) is 12.1 Å². The quantitative estimate of drug-likeness (QED) is 0.770. The van der Waals surface area contributed by atoms with Gasteiger partial charge in [0, 0.05) is 6.54 Å². The van der Waals surface area contributed by atoms with Gasteiger partial charge in [0.1, 0.15) is 11.6 Å². The Balaban J connectivity index is 1.79. The molecule has 1 atom stereocenters. The van der Waals surface area contributed by atoms with Gasteiger partial charge in [-0.1, -0.05) is 30.3 Å². The average molecular weight is 289 g/mol. The molecule has 0 saturated heterocycles. The van der Waals surface area contributed by atoms with Crippen molar-refractivity contribution in [3.63, 3.8) is 0 Å². The number of halogens is 1. The minimum absolute atomic E-state index is 0.333. The summed E-state index contributed by atoms with van der Waals surface area (Å²) in [6.07, 6.45) is 0.0956. The Labute approximate surface area is 124 Å². The summed E-state index contributed by atoms with van der Waals surface area (Å²) in [6.45, 7) is 1.10. The largest absolute Gasteiger partial charge is 0.496 e. The molecule has 0 aliphatic rings. The molecule has 2 N–H and O–H groups in total. The van der Waals surface area contributed by atoms with Crippen LogP contribution in [-0.4, -0.2) is 25.3 Å². The first-order chi connectivity index (χ1) is 10.2. The molecule has 1 unspecified atom stereocenters. The van der Waals surface area contributed by atoms with Crippen LogP contribution in [0.3, 0.4) is 0 Å². The van der Waals surface area contributed by atoms with Gasteiger partial charge in [0.15, 0.2) is 0 Å². The van der Waals surface area contributed by atoms with Gasteiger partial charge in [0.2, 0.25) is 0 Å². The van der Waals surface area contributed by atoms with Crippen molar-refractivity contribution < 1.29 is 14.2 Å². The third-order valence-corrected chi connectivity index (χ3v) is 3.33. The lowest BCUT2D eigenvalue weighted by atomic mass is 10.1. The van der Waals surface area contributed by atoms with E-state index in [-0.39, 0.29) is 5.82 Å². The number of hydrogen-bond donors (Lipinski definition) is 2. The number of rotatable bonds is 7. The molecular formula is C17H20FNO2. The molecule has 0 aliphatic heterocycles. The number of nitrogens with one attached hydrogen (secondary N) is 1. The van der Waals surface area contributed by atoms with Crippen LogP contribution in [0.5, 0.6) is 5.75 Å². The van der Waals surface area contributed by atoms with Crippen molar-refractivity contribution in [1.29, 1.82) is 0 Å². The van der Waals surface area contributed by atoms with Crippen molar-refractivity contribution >= 4 is 0 Å². The van der Waals surface area contributed by atoms with Crippen molar-refractivity contribution in [2.75, 3.05) is 20.2 Å². The van der Waals surface area contributed by atoms with Crippen LogP contribution in [0.25, 0.3) is 0 Å². The minimum atomic E-state index is -0.710. The Bertz CT molecular complexity index is 574. The molecule has 0 aliphatic carbocycles. The van der Waals surface area contributed by atoms with Crippen molar-refractivity contribution in [1.82, 2.24) is 5.32 Å². The topological polar surface area (TPSA) is 41.5 Å². The fraction of sp³-hybridized carbons (Fsp3) is 0.294. The summed E-state index contributed by atoms with van der Waals surface area (Å²) in [4.78, 5) is 0. The number of methoxy groups -OCH3 is 1. The average Bonchev–Trinajstić information content (AvgIpc) is 2.51. The number of hydrogen-bond acceptors (Lipinski definition) is 3. The molecule has 2 aromatic carbocycles. The van der Waals surface area contributed by atoms with Crippen molar-refractivity contribution in [3.05, 3.63) is 65.5 Å². The normalized spacial score (nSPS) is 12.1. The third kappa shape index (κ3) is 4.55. The van der Waals surface area contributed by atoms with E-state index in [0.717, 1.165) is 17.7 Å². The van der Waals surface area contributed by atoms with Crippen LogP contribution >= 0.6 is 0 Å². The highest BCUT2D eigenvalue weighted by Crippen LogP contribution is 2.17. The molecule has 0 bridgehead atoms. The molecule has 0 fully saturated rings. The SMILES string of the molecule is COc1ccccc1CCNCC(O)c1cccc(F)c1. The monoisotopic (exact) mass is 289 g/mol. The highest BCUT2D eigenvalue weighted by Gasteiger charge is 2.08. The van der Waals surface area contributed by atoms with Gasteiger partial charge in [-0.05, 0) is 42.3 Å². The minimum Gasteiger partial charge on any atom is -0.496 e. The third-order valence-electron chi connectivity index (χ3n) is 3.33. The standard InChI is InChI=1S/C17H20FNO2/c1-21-17-8-3-2-5-13(17)9-10-19-12-16(20)14-6-4-7-15(18)11-14/h2-8,11,16,19-20H,9-10,12H2,1H3. The van der Waals surface area contributed by atoms with Gasteiger partial charge in [-0.3, -0.25) is 0 Å². The lowest BCUT2D eigenvalue weighted by Crippen LogP contribution is -2.24. The van der Waals surface area contributed by atoms with Crippen LogP contribution in [0.1, 0.15) is 17.2 Å². The molecule has 4 heteroatoms. The highest BCUT2D eigenvalue weighted by molar-refractivity contribution is 5.33. The molecule has 0 radical (unpaired) electrons. The first-order valence-corrected chi connectivity index (χ1v) is 6.97. The van der Waals surface area contributed by atoms with E-state index >= 15 is 0 Å². The Morgan fingerprint density at radius 2 is 2.00 bits per heavy atom. The van der Waals surface area contributed by atoms with Crippen LogP contribution in [-0.2, 0) is 6.42 Å². The van der Waals surface area contributed by atoms with Crippen LogP contribution in [0.15, 0.2) is 48.5 Å². The lowest BCUT2D eigenvalue weighted by molar-refractivity contribution is 0.174. The Morgan fingerprint density at radius 1 is 1.19 bits per heavy atom. The second-order valence-electron chi connectivity index (χ2n) is 4.84. The van der Waals surface area contributed by atoms with E-state index in [1.807, 2.05) is 24.3 Å². The molecule has 112 valence electrons. The van der Waals surface area contributed by atoms with E-state index < -0.39 is 6.10 Å². The zero-order valence-electron chi connectivity index (χ0n) is 12.1. The predicted octanol–water partition coefficient (Wildman–Crippen LogP) is 2.70. The first-order valence-electron chi connectivity index (χ1n) is 6.97. The maximum absolute atomic E-state index is 13.1. The number of benzene rings is 2. The van der Waals surface area contributed by atoms with Crippen LogP contribution < -0.4 is 10.1 Å². The van der Waals surface area contributed by atoms with Gasteiger partial charge in [0.25, 0.3) is 0 Å². The predicted molar refractivity (Wildman–Crippen MR) is 80.9 cm³/mol. The summed E-state index contributed by atoms with van der Waals surface area (Å²) in [6, 6.07) is 13.9. The van der Waals surface area contributed by atoms with Gasteiger partial charge < -0.3 is 15.2 Å². The Kier molecular flexibility index (Phi) is 5.72. The maximum atomic E-state index is 13.1. The molecular weight excluding hydrogens is 269 g/mol. The molecule has 0 aromatic heterocycles. The molecule has 0 amide bonds. The summed E-state index contributed by atoms with van der Waals surface area (Å²) in [5.41, 5.74) is 1.70. The maximum Gasteiger partial charge on any atom is 0.123 e. The highest BCUT2D eigenvalue weighted by atomic mass is 19.1.